The molecule has 53 heavy (non-hydrogen) atoms. The summed E-state index contributed by atoms with van der Waals surface area (Å²) in [6.07, 6.45) is 0. The molecule has 0 amide bonds. The first-order valence-electron chi connectivity index (χ1n) is 18.7. The Bertz CT molecular complexity index is 3060. The van der Waals surface area contributed by atoms with Gasteiger partial charge in [-0.15, -0.1) is 0 Å². The summed E-state index contributed by atoms with van der Waals surface area (Å²) < 4.78 is 0. The van der Waals surface area contributed by atoms with E-state index in [9.17, 15) is 0 Å². The zero-order valence-electron chi connectivity index (χ0n) is 29.8. The van der Waals surface area contributed by atoms with Crippen molar-refractivity contribution < 1.29 is 0 Å². The summed E-state index contributed by atoms with van der Waals surface area (Å²) in [6, 6.07) is 68.0. The quantitative estimate of drug-likeness (QED) is 0.129. The molecule has 0 unspecified atom stereocenters. The molecular weight excluding hydrogens is 637 g/mol. The Hall–Kier alpha value is -6.50. The van der Waals surface area contributed by atoms with Crippen LogP contribution in [-0.4, -0.2) is 0 Å². The maximum absolute atomic E-state index is 2.42. The molecule has 1 aliphatic rings. The summed E-state index contributed by atoms with van der Waals surface area (Å²) in [7, 11) is 0. The van der Waals surface area contributed by atoms with Crippen LogP contribution in [0.1, 0.15) is 25.0 Å². The van der Waals surface area contributed by atoms with Crippen molar-refractivity contribution in [3.63, 3.8) is 0 Å². The molecule has 0 heterocycles. The maximum atomic E-state index is 2.42. The lowest BCUT2D eigenvalue weighted by molar-refractivity contribution is 0.661. The van der Waals surface area contributed by atoms with Gasteiger partial charge in [0.1, 0.15) is 0 Å². The van der Waals surface area contributed by atoms with Crippen molar-refractivity contribution in [2.75, 3.05) is 0 Å². The zero-order chi connectivity index (χ0) is 35.3. The minimum Gasteiger partial charge on any atom is -0.0616 e. The van der Waals surface area contributed by atoms with Crippen molar-refractivity contribution >= 4 is 53.9 Å². The molecule has 0 N–H and O–H groups in total. The van der Waals surface area contributed by atoms with Crippen molar-refractivity contribution in [1.29, 1.82) is 0 Å². The SMILES string of the molecule is CC1(C)c2ccc(-c3ccc(-c4c5ccccc5c(-c5ccc6c(ccc7ccccc76)c5)c5ccccc45)cc3)cc2-c2cc3ccccc3cc21. The van der Waals surface area contributed by atoms with Crippen molar-refractivity contribution in [2.24, 2.45) is 0 Å². The zero-order valence-corrected chi connectivity index (χ0v) is 29.8. The van der Waals surface area contributed by atoms with Gasteiger partial charge in [0.2, 0.25) is 0 Å². The Labute approximate surface area is 309 Å². The van der Waals surface area contributed by atoms with Crippen LogP contribution < -0.4 is 0 Å². The first-order valence-corrected chi connectivity index (χ1v) is 18.7. The molecule has 10 aromatic rings. The molecule has 0 aromatic heterocycles. The van der Waals surface area contributed by atoms with Crippen molar-refractivity contribution in [2.45, 2.75) is 19.3 Å². The van der Waals surface area contributed by atoms with E-state index in [1.165, 1.54) is 109 Å². The molecule has 0 heteroatoms. The second-order valence-corrected chi connectivity index (χ2v) is 15.3. The first-order chi connectivity index (χ1) is 26.0. The molecule has 0 fully saturated rings. The highest BCUT2D eigenvalue weighted by atomic mass is 14.4. The third-order valence-corrected chi connectivity index (χ3v) is 12.0. The minimum absolute atomic E-state index is 0.0351. The van der Waals surface area contributed by atoms with Gasteiger partial charge in [-0.25, -0.2) is 0 Å². The Morgan fingerprint density at radius 1 is 0.283 bits per heavy atom. The molecule has 10 aromatic carbocycles. The summed E-state index contributed by atoms with van der Waals surface area (Å²) >= 11 is 0. The predicted molar refractivity (Wildman–Crippen MR) is 228 cm³/mol. The molecule has 0 saturated heterocycles. The van der Waals surface area contributed by atoms with Crippen molar-refractivity contribution in [3.8, 4) is 44.5 Å². The van der Waals surface area contributed by atoms with Crippen molar-refractivity contribution in [3.05, 3.63) is 193 Å². The van der Waals surface area contributed by atoms with E-state index in [2.05, 4.69) is 196 Å². The Morgan fingerprint density at radius 3 is 1.43 bits per heavy atom. The van der Waals surface area contributed by atoms with E-state index < -0.39 is 0 Å². The van der Waals surface area contributed by atoms with Gasteiger partial charge in [0.05, 0.1) is 0 Å². The lowest BCUT2D eigenvalue weighted by atomic mass is 9.81. The van der Waals surface area contributed by atoms with Gasteiger partial charge in [-0.3, -0.25) is 0 Å². The fourth-order valence-corrected chi connectivity index (χ4v) is 9.37. The fraction of sp³-hybridized carbons (Fsp3) is 0.0566. The largest absolute Gasteiger partial charge is 0.0616 e. The Morgan fingerprint density at radius 2 is 0.755 bits per heavy atom. The Balaban J connectivity index is 1.04. The second-order valence-electron chi connectivity index (χ2n) is 15.3. The van der Waals surface area contributed by atoms with E-state index in [1.807, 2.05) is 0 Å². The maximum Gasteiger partial charge on any atom is 0.0159 e. The topological polar surface area (TPSA) is 0 Å². The molecule has 0 bridgehead atoms. The van der Waals surface area contributed by atoms with Gasteiger partial charge in [-0.1, -0.05) is 172 Å². The molecular formula is C53H36. The molecule has 11 rings (SSSR count). The lowest BCUT2D eigenvalue weighted by Crippen LogP contribution is -2.14. The highest BCUT2D eigenvalue weighted by Crippen LogP contribution is 2.51. The minimum atomic E-state index is -0.0351. The molecule has 1 aliphatic carbocycles. The van der Waals surface area contributed by atoms with Crippen LogP contribution >= 0.6 is 0 Å². The van der Waals surface area contributed by atoms with Gasteiger partial charge in [0.25, 0.3) is 0 Å². The van der Waals surface area contributed by atoms with E-state index in [4.69, 9.17) is 0 Å². The van der Waals surface area contributed by atoms with Crippen LogP contribution in [0.2, 0.25) is 0 Å². The van der Waals surface area contributed by atoms with Crippen LogP contribution in [0.25, 0.3) is 98.4 Å². The van der Waals surface area contributed by atoms with Gasteiger partial charge in [0.15, 0.2) is 0 Å². The van der Waals surface area contributed by atoms with E-state index in [1.54, 1.807) is 0 Å². The molecule has 248 valence electrons. The van der Waals surface area contributed by atoms with Crippen LogP contribution in [0.3, 0.4) is 0 Å². The summed E-state index contributed by atoms with van der Waals surface area (Å²) in [4.78, 5) is 0. The van der Waals surface area contributed by atoms with Crippen LogP contribution in [0.4, 0.5) is 0 Å². The van der Waals surface area contributed by atoms with Crippen LogP contribution in [0.15, 0.2) is 182 Å². The predicted octanol–water partition coefficient (Wildman–Crippen LogP) is 14.8. The van der Waals surface area contributed by atoms with E-state index in [0.29, 0.717) is 0 Å². The van der Waals surface area contributed by atoms with Crippen molar-refractivity contribution in [1.82, 2.24) is 0 Å². The smallest absolute Gasteiger partial charge is 0.0159 e. The van der Waals surface area contributed by atoms with Crippen LogP contribution in [-0.2, 0) is 5.41 Å². The molecule has 0 aliphatic heterocycles. The highest BCUT2D eigenvalue weighted by Gasteiger charge is 2.35. The van der Waals surface area contributed by atoms with Gasteiger partial charge in [-0.2, -0.15) is 0 Å². The first kappa shape index (κ1) is 30.2. The summed E-state index contributed by atoms with van der Waals surface area (Å²) in [5.41, 5.74) is 13.0. The molecule has 0 spiro atoms. The number of hydrogen-bond donors (Lipinski definition) is 0. The van der Waals surface area contributed by atoms with Crippen LogP contribution in [0, 0.1) is 0 Å². The average molecular weight is 673 g/mol. The number of rotatable bonds is 3. The molecule has 0 radical (unpaired) electrons. The standard InChI is InChI=1S/C53H36/c1-53(2)49-28-26-38(31-47(49)48-30-36-12-3-4-13-37(36)32-50(48)53)33-19-22-35(23-20-33)51-43-15-7-9-17-45(43)52(46-18-10-8-16-44(46)51)40-25-27-42-39(29-40)24-21-34-11-5-6-14-41(34)42/h3-32H,1-2H3. The summed E-state index contributed by atoms with van der Waals surface area (Å²) in [5.74, 6) is 0. The van der Waals surface area contributed by atoms with Gasteiger partial charge >= 0.3 is 0 Å². The van der Waals surface area contributed by atoms with Gasteiger partial charge < -0.3 is 0 Å². The van der Waals surface area contributed by atoms with E-state index in [0.717, 1.165) is 0 Å². The van der Waals surface area contributed by atoms with Gasteiger partial charge in [-0.05, 0) is 134 Å². The average Bonchev–Trinajstić information content (AvgIpc) is 3.43. The lowest BCUT2D eigenvalue weighted by Gasteiger charge is -2.22. The van der Waals surface area contributed by atoms with E-state index >= 15 is 0 Å². The molecule has 0 saturated carbocycles. The van der Waals surface area contributed by atoms with Crippen LogP contribution in [0.5, 0.6) is 0 Å². The highest BCUT2D eigenvalue weighted by molar-refractivity contribution is 6.22. The number of fused-ring (bicyclic) bond motifs is 9. The van der Waals surface area contributed by atoms with Gasteiger partial charge in [0, 0.05) is 5.41 Å². The second kappa shape index (κ2) is 11.2. The summed E-state index contributed by atoms with van der Waals surface area (Å²) in [6.45, 7) is 4.73. The Kier molecular flexibility index (Phi) is 6.40. The third kappa shape index (κ3) is 4.49. The third-order valence-electron chi connectivity index (χ3n) is 12.0. The normalized spacial score (nSPS) is 13.2. The fourth-order valence-electron chi connectivity index (χ4n) is 9.37. The van der Waals surface area contributed by atoms with E-state index in [-0.39, 0.29) is 5.41 Å². The number of hydrogen-bond acceptors (Lipinski definition) is 0. The molecule has 0 atom stereocenters. The summed E-state index contributed by atoms with van der Waals surface area (Å²) in [5, 5.41) is 12.8. The number of benzene rings is 10. The molecule has 0 nitrogen and oxygen atoms in total. The monoisotopic (exact) mass is 672 g/mol.